The molecule has 4 aromatic rings. The number of carboxylic acids is 1. The number of thiazole rings is 1. The normalized spacial score (nSPS) is 10.9. The lowest BCUT2D eigenvalue weighted by Crippen LogP contribution is -2.10. The number of halogens is 1. The second-order valence-electron chi connectivity index (χ2n) is 9.34. The van der Waals surface area contributed by atoms with E-state index >= 15 is 4.39 Å². The first-order chi connectivity index (χ1) is 18.7. The zero-order chi connectivity index (χ0) is 28.6. The Morgan fingerprint density at radius 2 is 1.79 bits per heavy atom. The topological polar surface area (TPSA) is 100 Å². The predicted molar refractivity (Wildman–Crippen MR) is 162 cm³/mol. The number of nitrogens with zero attached hydrogens (tertiary/aromatic N) is 3. The molecule has 0 amide bonds. The van der Waals surface area contributed by atoms with Gasteiger partial charge in [0.15, 0.2) is 5.82 Å². The fourth-order valence-corrected chi connectivity index (χ4v) is 5.12. The van der Waals surface area contributed by atoms with Crippen LogP contribution in [0.5, 0.6) is 0 Å². The van der Waals surface area contributed by atoms with Gasteiger partial charge in [0.05, 0.1) is 32.5 Å². The van der Waals surface area contributed by atoms with Gasteiger partial charge in [0.1, 0.15) is 0 Å². The molecule has 4 rings (SSSR count). The van der Waals surface area contributed by atoms with Crippen LogP contribution in [0.1, 0.15) is 63.3 Å². The summed E-state index contributed by atoms with van der Waals surface area (Å²) in [5.41, 5.74) is 2.57. The number of carbonyl (C=O) groups is 1. The molecule has 3 N–H and O–H groups in total. The van der Waals surface area contributed by atoms with Crippen molar-refractivity contribution >= 4 is 46.6 Å². The lowest BCUT2D eigenvalue weighted by atomic mass is 9.98. The van der Waals surface area contributed by atoms with Crippen LogP contribution in [0.4, 0.5) is 21.7 Å². The lowest BCUT2D eigenvalue weighted by Gasteiger charge is -2.13. The molecule has 0 saturated carbocycles. The molecular weight excluding hydrogens is 533 g/mol. The van der Waals surface area contributed by atoms with E-state index in [1.165, 1.54) is 35.4 Å². The summed E-state index contributed by atoms with van der Waals surface area (Å²) in [6, 6.07) is 13.4. The number of rotatable bonds is 9. The summed E-state index contributed by atoms with van der Waals surface area (Å²) in [4.78, 5) is 25.7. The molecule has 0 spiro atoms. The first-order valence-electron chi connectivity index (χ1n) is 12.8. The highest BCUT2D eigenvalue weighted by Gasteiger charge is 2.26. The predicted octanol–water partition coefficient (Wildman–Crippen LogP) is 8.64. The van der Waals surface area contributed by atoms with Gasteiger partial charge in [0.25, 0.3) is 0 Å². The lowest BCUT2D eigenvalue weighted by molar-refractivity contribution is 0.0697. The third-order valence-corrected chi connectivity index (χ3v) is 7.77. The van der Waals surface area contributed by atoms with Crippen molar-refractivity contribution in [2.45, 2.75) is 53.4 Å². The third-order valence-electron chi connectivity index (χ3n) is 5.29. The van der Waals surface area contributed by atoms with Crippen LogP contribution in [0.25, 0.3) is 21.8 Å². The Balaban J connectivity index is 0.00000205. The molecule has 39 heavy (non-hydrogen) atoms. The second kappa shape index (κ2) is 13.5. The number of benzene rings is 2. The molecular formula is C29H34FN5O2S2. The van der Waals surface area contributed by atoms with E-state index in [1.807, 2.05) is 19.9 Å². The molecule has 0 radical (unpaired) electrons. The molecule has 0 unspecified atom stereocenters. The number of hydrogen-bond acceptors (Lipinski definition) is 8. The summed E-state index contributed by atoms with van der Waals surface area (Å²) >= 11 is 2.95. The maximum absolute atomic E-state index is 15.6. The minimum absolute atomic E-state index is 0.191. The fourth-order valence-electron chi connectivity index (χ4n) is 3.39. The smallest absolute Gasteiger partial charge is 0.335 e. The van der Waals surface area contributed by atoms with Gasteiger partial charge in [0, 0.05) is 28.6 Å². The molecule has 0 aliphatic heterocycles. The average Bonchev–Trinajstić information content (AvgIpc) is 3.38. The largest absolute Gasteiger partial charge is 0.478 e. The van der Waals surface area contributed by atoms with Crippen molar-refractivity contribution in [1.29, 1.82) is 0 Å². The van der Waals surface area contributed by atoms with Gasteiger partial charge in [-0.05, 0) is 48.9 Å². The van der Waals surface area contributed by atoms with Crippen molar-refractivity contribution in [1.82, 2.24) is 15.0 Å². The van der Waals surface area contributed by atoms with Crippen molar-refractivity contribution in [3.05, 3.63) is 71.1 Å². The number of aromatic nitrogens is 3. The Labute approximate surface area is 237 Å². The van der Waals surface area contributed by atoms with Crippen LogP contribution in [0.3, 0.4) is 0 Å². The number of carboxylic acid groups (broad SMARTS) is 1. The maximum Gasteiger partial charge on any atom is 0.335 e. The van der Waals surface area contributed by atoms with Gasteiger partial charge in [-0.25, -0.2) is 24.1 Å². The molecule has 0 aliphatic rings. The molecule has 7 nitrogen and oxygen atoms in total. The van der Waals surface area contributed by atoms with Crippen LogP contribution >= 0.6 is 23.3 Å². The van der Waals surface area contributed by atoms with Crippen molar-refractivity contribution < 1.29 is 14.3 Å². The molecule has 0 saturated heterocycles. The van der Waals surface area contributed by atoms with Gasteiger partial charge in [-0.15, -0.1) is 11.3 Å². The van der Waals surface area contributed by atoms with Gasteiger partial charge in [0.2, 0.25) is 5.95 Å². The van der Waals surface area contributed by atoms with E-state index in [4.69, 9.17) is 10.1 Å². The summed E-state index contributed by atoms with van der Waals surface area (Å²) in [5, 5.41) is 13.1. The molecule has 0 aliphatic carbocycles. The van der Waals surface area contributed by atoms with E-state index in [9.17, 15) is 4.79 Å². The van der Waals surface area contributed by atoms with Gasteiger partial charge in [-0.3, -0.25) is 0 Å². The molecule has 2 heterocycles. The molecule has 0 fully saturated rings. The number of aromatic carboxylic acids is 1. The number of anilines is 3. The Morgan fingerprint density at radius 1 is 1.08 bits per heavy atom. The molecule has 0 atom stereocenters. The van der Waals surface area contributed by atoms with E-state index in [2.05, 4.69) is 47.7 Å². The van der Waals surface area contributed by atoms with Crippen LogP contribution in [0, 0.1) is 5.82 Å². The maximum atomic E-state index is 15.6. The monoisotopic (exact) mass is 567 g/mol. The van der Waals surface area contributed by atoms with E-state index in [0.29, 0.717) is 34.3 Å². The van der Waals surface area contributed by atoms with E-state index in [0.717, 1.165) is 22.1 Å². The van der Waals surface area contributed by atoms with Crippen LogP contribution in [0.15, 0.2) is 54.7 Å². The first kappa shape index (κ1) is 30.0. The standard InChI is InChI=1S/C27H28FN5O2S2.C2H6/c1-5-15-36-33-19-8-6-7-18(21(19)28)22-23(37-25(32-22)27(2,3)4)20-13-14-29-26(31-20)30-17-11-9-16(10-12-17)24(34)35;1-2/h6-14,33H,5,15H2,1-4H3,(H,34,35)(H,29,30,31);1-2H3. The highest BCUT2D eigenvalue weighted by atomic mass is 32.2. The van der Waals surface area contributed by atoms with E-state index in [-0.39, 0.29) is 16.8 Å². The summed E-state index contributed by atoms with van der Waals surface area (Å²) in [5.74, 6) is -0.143. The summed E-state index contributed by atoms with van der Waals surface area (Å²) < 4.78 is 18.8. The zero-order valence-electron chi connectivity index (χ0n) is 23.0. The SMILES string of the molecule is CC.CCCSNc1cccc(-c2nc(C(C)(C)C)sc2-c2ccnc(Nc3ccc(C(=O)O)cc3)n2)c1F. The van der Waals surface area contributed by atoms with Crippen LogP contribution in [-0.2, 0) is 5.41 Å². The molecule has 10 heteroatoms. The Bertz CT molecular complexity index is 1400. The van der Waals surface area contributed by atoms with E-state index in [1.54, 1.807) is 36.5 Å². The number of hydrogen-bond donors (Lipinski definition) is 3. The van der Waals surface area contributed by atoms with Crippen LogP contribution in [-0.4, -0.2) is 31.8 Å². The summed E-state index contributed by atoms with van der Waals surface area (Å²) in [7, 11) is 0. The van der Waals surface area contributed by atoms with Gasteiger partial charge in [-0.2, -0.15) is 0 Å². The zero-order valence-corrected chi connectivity index (χ0v) is 24.6. The summed E-state index contributed by atoms with van der Waals surface area (Å²) in [6.07, 6.45) is 2.62. The van der Waals surface area contributed by atoms with Crippen molar-refractivity contribution in [2.24, 2.45) is 0 Å². The molecule has 2 aromatic heterocycles. The van der Waals surface area contributed by atoms with Gasteiger partial charge in [-0.1, -0.05) is 59.6 Å². The highest BCUT2D eigenvalue weighted by Crippen LogP contribution is 2.42. The Hall–Kier alpha value is -3.50. The minimum Gasteiger partial charge on any atom is -0.478 e. The quantitative estimate of drug-likeness (QED) is 0.136. The number of nitrogens with one attached hydrogen (secondary N) is 2. The van der Waals surface area contributed by atoms with Crippen LogP contribution < -0.4 is 10.0 Å². The third kappa shape index (κ3) is 7.54. The average molecular weight is 568 g/mol. The van der Waals surface area contributed by atoms with Crippen molar-refractivity contribution in [3.8, 4) is 21.8 Å². The molecule has 0 bridgehead atoms. The van der Waals surface area contributed by atoms with Crippen molar-refractivity contribution in [3.63, 3.8) is 0 Å². The summed E-state index contributed by atoms with van der Waals surface area (Å²) in [6.45, 7) is 12.3. The first-order valence-corrected chi connectivity index (χ1v) is 14.6. The Morgan fingerprint density at radius 3 is 2.44 bits per heavy atom. The second-order valence-corrected chi connectivity index (χ2v) is 11.2. The fraction of sp³-hybridized carbons (Fsp3) is 0.310. The molecule has 206 valence electrons. The van der Waals surface area contributed by atoms with E-state index < -0.39 is 5.97 Å². The highest BCUT2D eigenvalue weighted by molar-refractivity contribution is 8.00. The van der Waals surface area contributed by atoms with Gasteiger partial charge >= 0.3 is 5.97 Å². The van der Waals surface area contributed by atoms with Crippen molar-refractivity contribution in [2.75, 3.05) is 15.8 Å². The minimum atomic E-state index is -0.993. The van der Waals surface area contributed by atoms with Crippen LogP contribution in [0.2, 0.25) is 0 Å². The molecule has 2 aromatic carbocycles. The van der Waals surface area contributed by atoms with Gasteiger partial charge < -0.3 is 15.1 Å². The Kier molecular flexibility index (Phi) is 10.4.